The second kappa shape index (κ2) is 13.4. The summed E-state index contributed by atoms with van der Waals surface area (Å²) < 4.78 is 0. The highest BCUT2D eigenvalue weighted by Crippen LogP contribution is 2.23. The maximum atomic E-state index is 13.9. The van der Waals surface area contributed by atoms with E-state index in [-0.39, 0.29) is 36.4 Å². The Hall–Kier alpha value is -3.32. The van der Waals surface area contributed by atoms with Gasteiger partial charge in [0.05, 0.1) is 6.04 Å². The van der Waals surface area contributed by atoms with Crippen molar-refractivity contribution in [1.82, 2.24) is 25.8 Å². The SMILES string of the molecule is O=C(O)[C@H](CS)NC(=O)[C@@H]1CCCN1C(=O)[C@H](Cc1ccc(O)cc1)NC(=O)[C@@H]1CCCN1C(=O)[C@@H]1CCCN1. The van der Waals surface area contributed by atoms with Gasteiger partial charge >= 0.3 is 5.97 Å². The van der Waals surface area contributed by atoms with Crippen LogP contribution < -0.4 is 16.0 Å². The molecule has 0 spiro atoms. The predicted molar refractivity (Wildman–Crippen MR) is 148 cm³/mol. The van der Waals surface area contributed by atoms with Crippen molar-refractivity contribution in [2.75, 3.05) is 25.4 Å². The lowest BCUT2D eigenvalue weighted by molar-refractivity contribution is -0.145. The van der Waals surface area contributed by atoms with Crippen LogP contribution in [0.5, 0.6) is 5.75 Å². The van der Waals surface area contributed by atoms with Gasteiger partial charge in [0.15, 0.2) is 0 Å². The van der Waals surface area contributed by atoms with Crippen LogP contribution in [0.1, 0.15) is 44.1 Å². The Labute approximate surface area is 238 Å². The topological polar surface area (TPSA) is 168 Å². The number of likely N-dealkylation sites (tertiary alicyclic amines) is 2. The standard InChI is InChI=1S/C27H37N5O7S/c33-17-9-7-16(8-10-17)14-19(26(37)32-13-3-6-22(32)24(35)30-20(15-40)27(38)39)29-23(34)21-5-2-12-31(21)25(36)18-4-1-11-28-18/h7-10,18-22,28,33,40H,1-6,11-15H2,(H,29,34)(H,30,35)(H,38,39)/t18-,19-,20-,21-,22-/m0/s1. The van der Waals surface area contributed by atoms with E-state index in [1.807, 2.05) is 0 Å². The molecular weight excluding hydrogens is 538 g/mol. The number of phenols is 1. The molecule has 3 aliphatic rings. The number of thiol groups is 1. The van der Waals surface area contributed by atoms with Crippen LogP contribution in [-0.2, 0) is 30.4 Å². The maximum absolute atomic E-state index is 13.9. The van der Waals surface area contributed by atoms with Gasteiger partial charge in [0.25, 0.3) is 0 Å². The van der Waals surface area contributed by atoms with E-state index in [9.17, 15) is 34.2 Å². The third-order valence-electron chi connectivity index (χ3n) is 7.82. The van der Waals surface area contributed by atoms with Gasteiger partial charge in [-0.1, -0.05) is 12.1 Å². The highest BCUT2D eigenvalue weighted by atomic mass is 32.1. The average molecular weight is 576 g/mol. The van der Waals surface area contributed by atoms with Crippen molar-refractivity contribution in [2.45, 2.75) is 75.2 Å². The van der Waals surface area contributed by atoms with Crippen molar-refractivity contribution in [1.29, 1.82) is 0 Å². The highest BCUT2D eigenvalue weighted by Gasteiger charge is 2.42. The Balaban J connectivity index is 1.51. The molecule has 0 saturated carbocycles. The molecule has 4 amide bonds. The highest BCUT2D eigenvalue weighted by molar-refractivity contribution is 7.80. The van der Waals surface area contributed by atoms with Gasteiger partial charge in [0.2, 0.25) is 23.6 Å². The van der Waals surface area contributed by atoms with E-state index < -0.39 is 47.9 Å². The number of carboxylic acids is 1. The maximum Gasteiger partial charge on any atom is 0.327 e. The lowest BCUT2D eigenvalue weighted by atomic mass is 10.0. The number of rotatable bonds is 10. The van der Waals surface area contributed by atoms with Gasteiger partial charge in [0, 0.05) is 25.3 Å². The van der Waals surface area contributed by atoms with Gasteiger partial charge in [-0.3, -0.25) is 19.2 Å². The van der Waals surface area contributed by atoms with Crippen LogP contribution in [-0.4, -0.2) is 105 Å². The number of carboxylic acid groups (broad SMARTS) is 1. The molecule has 3 heterocycles. The number of hydrogen-bond donors (Lipinski definition) is 6. The molecule has 0 radical (unpaired) electrons. The van der Waals surface area contributed by atoms with Gasteiger partial charge in [-0.05, 0) is 62.8 Å². The second-order valence-corrected chi connectivity index (χ2v) is 10.9. The lowest BCUT2D eigenvalue weighted by Gasteiger charge is -2.31. The Morgan fingerprint density at radius 1 is 0.900 bits per heavy atom. The molecule has 0 aliphatic carbocycles. The molecule has 3 saturated heterocycles. The van der Waals surface area contributed by atoms with Crippen LogP contribution in [0.2, 0.25) is 0 Å². The van der Waals surface area contributed by atoms with Gasteiger partial charge in [-0.2, -0.15) is 12.6 Å². The molecule has 13 heteroatoms. The number of nitrogens with zero attached hydrogens (tertiary/aromatic N) is 2. The minimum Gasteiger partial charge on any atom is -0.508 e. The number of carbonyl (C=O) groups excluding carboxylic acids is 4. The molecule has 5 N–H and O–H groups in total. The summed E-state index contributed by atoms with van der Waals surface area (Å²) in [5.41, 5.74) is 0.687. The number of nitrogens with one attached hydrogen (secondary N) is 3. The molecular formula is C27H37N5O7S. The van der Waals surface area contributed by atoms with E-state index in [2.05, 4.69) is 28.6 Å². The largest absolute Gasteiger partial charge is 0.508 e. The molecule has 3 fully saturated rings. The molecule has 218 valence electrons. The summed E-state index contributed by atoms with van der Waals surface area (Å²) in [7, 11) is 0. The summed E-state index contributed by atoms with van der Waals surface area (Å²) in [5.74, 6) is -2.85. The molecule has 1 aromatic carbocycles. The zero-order valence-electron chi connectivity index (χ0n) is 22.3. The molecule has 0 unspecified atom stereocenters. The van der Waals surface area contributed by atoms with Crippen molar-refractivity contribution >= 4 is 42.2 Å². The third kappa shape index (κ3) is 6.87. The smallest absolute Gasteiger partial charge is 0.327 e. The summed E-state index contributed by atoms with van der Waals surface area (Å²) >= 11 is 3.99. The van der Waals surface area contributed by atoms with Gasteiger partial charge in [-0.25, -0.2) is 4.79 Å². The summed E-state index contributed by atoms with van der Waals surface area (Å²) in [5, 5.41) is 27.5. The Kier molecular flexibility index (Phi) is 9.90. The molecule has 1 aromatic rings. The summed E-state index contributed by atoms with van der Waals surface area (Å²) in [6.07, 6.45) is 3.79. The molecule has 40 heavy (non-hydrogen) atoms. The van der Waals surface area contributed by atoms with Crippen molar-refractivity contribution < 1.29 is 34.2 Å². The van der Waals surface area contributed by atoms with Crippen LogP contribution in [0.15, 0.2) is 24.3 Å². The van der Waals surface area contributed by atoms with E-state index in [1.165, 1.54) is 17.0 Å². The van der Waals surface area contributed by atoms with Crippen LogP contribution in [0.3, 0.4) is 0 Å². The molecule has 0 bridgehead atoms. The lowest BCUT2D eigenvalue weighted by Crippen LogP contribution is -2.58. The number of amides is 4. The van der Waals surface area contributed by atoms with Crippen molar-refractivity contribution in [2.24, 2.45) is 0 Å². The summed E-state index contributed by atoms with van der Waals surface area (Å²) in [4.78, 5) is 67.8. The minimum atomic E-state index is -1.22. The Morgan fingerprint density at radius 2 is 1.50 bits per heavy atom. The van der Waals surface area contributed by atoms with E-state index in [4.69, 9.17) is 0 Å². The molecule has 5 atom stereocenters. The first-order valence-electron chi connectivity index (χ1n) is 13.8. The van der Waals surface area contributed by atoms with E-state index in [0.29, 0.717) is 37.8 Å². The van der Waals surface area contributed by atoms with E-state index in [0.717, 1.165) is 19.4 Å². The average Bonchev–Trinajstić information content (AvgIpc) is 3.73. The molecule has 4 rings (SSSR count). The Morgan fingerprint density at radius 3 is 2.08 bits per heavy atom. The first kappa shape index (κ1) is 29.7. The van der Waals surface area contributed by atoms with Crippen molar-refractivity contribution in [3.8, 4) is 5.75 Å². The van der Waals surface area contributed by atoms with Gasteiger partial charge in [-0.15, -0.1) is 0 Å². The van der Waals surface area contributed by atoms with Crippen LogP contribution in [0, 0.1) is 0 Å². The first-order valence-corrected chi connectivity index (χ1v) is 14.4. The number of aliphatic carboxylic acids is 1. The number of carbonyl (C=O) groups is 5. The number of aromatic hydroxyl groups is 1. The fourth-order valence-electron chi connectivity index (χ4n) is 5.69. The number of benzene rings is 1. The molecule has 3 aliphatic heterocycles. The van der Waals surface area contributed by atoms with E-state index in [1.54, 1.807) is 17.0 Å². The normalized spacial score (nSPS) is 24.0. The first-order chi connectivity index (χ1) is 19.2. The number of phenolic OH excluding ortho intramolecular Hbond substituents is 1. The quantitative estimate of drug-likeness (QED) is 0.206. The number of hydrogen-bond acceptors (Lipinski definition) is 8. The Bertz CT molecular complexity index is 1110. The molecule has 0 aromatic heterocycles. The fraction of sp³-hybridized carbons (Fsp3) is 0.593. The second-order valence-electron chi connectivity index (χ2n) is 10.5. The van der Waals surface area contributed by atoms with Crippen LogP contribution >= 0.6 is 12.6 Å². The summed E-state index contributed by atoms with van der Waals surface area (Å²) in [6, 6.07) is 2.16. The zero-order valence-corrected chi connectivity index (χ0v) is 23.1. The van der Waals surface area contributed by atoms with Gasteiger partial charge < -0.3 is 36.0 Å². The van der Waals surface area contributed by atoms with Crippen molar-refractivity contribution in [3.05, 3.63) is 29.8 Å². The third-order valence-corrected chi connectivity index (χ3v) is 8.19. The van der Waals surface area contributed by atoms with Gasteiger partial charge in [0.1, 0.15) is 29.9 Å². The summed E-state index contributed by atoms with van der Waals surface area (Å²) in [6.45, 7) is 1.50. The molecule has 12 nitrogen and oxygen atoms in total. The monoisotopic (exact) mass is 575 g/mol. The van der Waals surface area contributed by atoms with Crippen LogP contribution in [0.4, 0.5) is 0 Å². The predicted octanol–water partition coefficient (Wildman–Crippen LogP) is -0.347. The fourth-order valence-corrected chi connectivity index (χ4v) is 5.94. The zero-order chi connectivity index (χ0) is 28.8. The van der Waals surface area contributed by atoms with Crippen molar-refractivity contribution in [3.63, 3.8) is 0 Å². The van der Waals surface area contributed by atoms with E-state index >= 15 is 0 Å². The minimum absolute atomic E-state index is 0.0600. The van der Waals surface area contributed by atoms with Crippen LogP contribution in [0.25, 0.3) is 0 Å².